The lowest BCUT2D eigenvalue weighted by Gasteiger charge is -2.05. The molecule has 0 bridgehead atoms. The third-order valence-corrected chi connectivity index (χ3v) is 4.47. The highest BCUT2D eigenvalue weighted by Gasteiger charge is 2.11. The standard InChI is InChI=1S/C18H17NOS/c1-3-11-20-14-9-10-17-16(12-14)18(13(2)19-17)21-15-7-5-4-6-8-15/h3-10,12,19H,1,11H2,2H3. The number of nitrogens with one attached hydrogen (secondary N) is 1. The van der Waals surface area contributed by atoms with Gasteiger partial charge in [0.15, 0.2) is 0 Å². The normalized spacial score (nSPS) is 10.7. The minimum absolute atomic E-state index is 0.524. The van der Waals surface area contributed by atoms with Gasteiger partial charge in [-0.15, -0.1) is 0 Å². The van der Waals surface area contributed by atoms with Crippen molar-refractivity contribution in [3.63, 3.8) is 0 Å². The molecular formula is C18H17NOS. The first-order valence-corrected chi connectivity index (χ1v) is 7.68. The minimum Gasteiger partial charge on any atom is -0.490 e. The van der Waals surface area contributed by atoms with Crippen molar-refractivity contribution >= 4 is 22.7 Å². The molecule has 0 atom stereocenters. The zero-order valence-corrected chi connectivity index (χ0v) is 12.7. The van der Waals surface area contributed by atoms with Gasteiger partial charge in [-0.25, -0.2) is 0 Å². The van der Waals surface area contributed by atoms with Gasteiger partial charge in [-0.1, -0.05) is 42.6 Å². The van der Waals surface area contributed by atoms with Gasteiger partial charge in [0, 0.05) is 26.4 Å². The predicted octanol–water partition coefficient (Wildman–Crippen LogP) is 5.19. The molecule has 0 spiro atoms. The lowest BCUT2D eigenvalue weighted by Crippen LogP contribution is -1.91. The molecule has 0 radical (unpaired) electrons. The summed E-state index contributed by atoms with van der Waals surface area (Å²) in [6.07, 6.45) is 1.76. The number of H-pyrrole nitrogens is 1. The van der Waals surface area contributed by atoms with Crippen molar-refractivity contribution in [2.24, 2.45) is 0 Å². The molecule has 3 heteroatoms. The number of rotatable bonds is 5. The molecule has 0 aliphatic heterocycles. The molecule has 0 fully saturated rings. The zero-order chi connectivity index (χ0) is 14.7. The SMILES string of the molecule is C=CCOc1ccc2[nH]c(C)c(Sc3ccccc3)c2c1. The smallest absolute Gasteiger partial charge is 0.120 e. The predicted molar refractivity (Wildman–Crippen MR) is 89.3 cm³/mol. The number of benzene rings is 2. The summed E-state index contributed by atoms with van der Waals surface area (Å²) >= 11 is 1.78. The number of fused-ring (bicyclic) bond motifs is 1. The first-order valence-electron chi connectivity index (χ1n) is 6.87. The van der Waals surface area contributed by atoms with E-state index in [4.69, 9.17) is 4.74 Å². The van der Waals surface area contributed by atoms with Gasteiger partial charge in [0.25, 0.3) is 0 Å². The number of aromatic amines is 1. The monoisotopic (exact) mass is 295 g/mol. The van der Waals surface area contributed by atoms with Crippen LogP contribution in [0.25, 0.3) is 10.9 Å². The first-order chi connectivity index (χ1) is 10.3. The molecule has 0 unspecified atom stereocenters. The van der Waals surface area contributed by atoms with Crippen LogP contribution in [0.2, 0.25) is 0 Å². The third-order valence-electron chi connectivity index (χ3n) is 3.23. The van der Waals surface area contributed by atoms with Gasteiger partial charge in [-0.3, -0.25) is 0 Å². The molecule has 3 aromatic rings. The highest BCUT2D eigenvalue weighted by atomic mass is 32.2. The average molecular weight is 295 g/mol. The number of hydrogen-bond acceptors (Lipinski definition) is 2. The number of hydrogen-bond donors (Lipinski definition) is 1. The van der Waals surface area contributed by atoms with Crippen LogP contribution >= 0.6 is 11.8 Å². The van der Waals surface area contributed by atoms with Crippen LogP contribution in [0, 0.1) is 6.92 Å². The highest BCUT2D eigenvalue weighted by Crippen LogP contribution is 2.37. The van der Waals surface area contributed by atoms with Crippen molar-refractivity contribution < 1.29 is 4.74 Å². The fraction of sp³-hybridized carbons (Fsp3) is 0.111. The van der Waals surface area contributed by atoms with E-state index in [2.05, 4.69) is 54.9 Å². The Hall–Kier alpha value is -2.13. The lowest BCUT2D eigenvalue weighted by molar-refractivity contribution is 0.364. The van der Waals surface area contributed by atoms with Crippen LogP contribution in [0.15, 0.2) is 71.0 Å². The van der Waals surface area contributed by atoms with E-state index in [-0.39, 0.29) is 0 Å². The Balaban J connectivity index is 2.00. The van der Waals surface area contributed by atoms with Crippen LogP contribution in [-0.2, 0) is 0 Å². The van der Waals surface area contributed by atoms with Crippen molar-refractivity contribution in [1.82, 2.24) is 4.98 Å². The largest absolute Gasteiger partial charge is 0.490 e. The van der Waals surface area contributed by atoms with Crippen LogP contribution in [0.4, 0.5) is 0 Å². The number of aromatic nitrogens is 1. The maximum Gasteiger partial charge on any atom is 0.120 e. The highest BCUT2D eigenvalue weighted by molar-refractivity contribution is 7.99. The van der Waals surface area contributed by atoms with Gasteiger partial charge < -0.3 is 9.72 Å². The van der Waals surface area contributed by atoms with Gasteiger partial charge in [0.2, 0.25) is 0 Å². The Kier molecular flexibility index (Phi) is 4.02. The summed E-state index contributed by atoms with van der Waals surface area (Å²) in [6.45, 7) is 6.31. The van der Waals surface area contributed by atoms with E-state index in [1.165, 1.54) is 20.9 Å². The zero-order valence-electron chi connectivity index (χ0n) is 11.9. The summed E-state index contributed by atoms with van der Waals surface area (Å²) in [6, 6.07) is 16.5. The topological polar surface area (TPSA) is 25.0 Å². The lowest BCUT2D eigenvalue weighted by atomic mass is 10.2. The van der Waals surface area contributed by atoms with E-state index < -0.39 is 0 Å². The van der Waals surface area contributed by atoms with Crippen molar-refractivity contribution in [3.8, 4) is 5.75 Å². The molecule has 0 saturated heterocycles. The van der Waals surface area contributed by atoms with Crippen LogP contribution in [0.3, 0.4) is 0 Å². The Morgan fingerprint density at radius 2 is 2.00 bits per heavy atom. The molecule has 3 rings (SSSR count). The Morgan fingerprint density at radius 1 is 1.19 bits per heavy atom. The van der Waals surface area contributed by atoms with Crippen molar-refractivity contribution in [3.05, 3.63) is 66.9 Å². The molecule has 0 amide bonds. The molecule has 2 nitrogen and oxygen atoms in total. The second-order valence-electron chi connectivity index (χ2n) is 4.80. The quantitative estimate of drug-likeness (QED) is 0.655. The summed E-state index contributed by atoms with van der Waals surface area (Å²) in [5.74, 6) is 0.872. The second kappa shape index (κ2) is 6.10. The van der Waals surface area contributed by atoms with E-state index in [1.54, 1.807) is 17.8 Å². The van der Waals surface area contributed by atoms with Gasteiger partial charge in [0.1, 0.15) is 12.4 Å². The fourth-order valence-electron chi connectivity index (χ4n) is 2.26. The summed E-state index contributed by atoms with van der Waals surface area (Å²) < 4.78 is 5.64. The van der Waals surface area contributed by atoms with Crippen LogP contribution in [-0.4, -0.2) is 11.6 Å². The molecule has 1 N–H and O–H groups in total. The van der Waals surface area contributed by atoms with Crippen molar-refractivity contribution in [1.29, 1.82) is 0 Å². The molecule has 106 valence electrons. The van der Waals surface area contributed by atoms with E-state index in [0.29, 0.717) is 6.61 Å². The molecule has 21 heavy (non-hydrogen) atoms. The molecule has 1 heterocycles. The number of ether oxygens (including phenoxy) is 1. The Bertz CT molecular complexity index is 761. The average Bonchev–Trinajstić information content (AvgIpc) is 2.82. The molecule has 1 aromatic heterocycles. The van der Waals surface area contributed by atoms with E-state index in [9.17, 15) is 0 Å². The summed E-state index contributed by atoms with van der Waals surface area (Å²) in [7, 11) is 0. The number of aryl methyl sites for hydroxylation is 1. The van der Waals surface area contributed by atoms with E-state index in [0.717, 1.165) is 11.3 Å². The molecule has 0 saturated carbocycles. The summed E-state index contributed by atoms with van der Waals surface area (Å²) in [4.78, 5) is 5.92. The second-order valence-corrected chi connectivity index (χ2v) is 5.89. The van der Waals surface area contributed by atoms with Crippen LogP contribution in [0.1, 0.15) is 5.69 Å². The van der Waals surface area contributed by atoms with E-state index in [1.807, 2.05) is 12.1 Å². The van der Waals surface area contributed by atoms with Gasteiger partial charge in [-0.2, -0.15) is 0 Å². The Labute approximate surface area is 128 Å². The maximum absolute atomic E-state index is 5.64. The van der Waals surface area contributed by atoms with Crippen LogP contribution in [0.5, 0.6) is 5.75 Å². The molecule has 0 aliphatic rings. The fourth-order valence-corrected chi connectivity index (χ4v) is 3.28. The van der Waals surface area contributed by atoms with Crippen molar-refractivity contribution in [2.75, 3.05) is 6.61 Å². The Morgan fingerprint density at radius 3 is 2.76 bits per heavy atom. The van der Waals surface area contributed by atoms with Crippen molar-refractivity contribution in [2.45, 2.75) is 16.7 Å². The van der Waals surface area contributed by atoms with Gasteiger partial charge >= 0.3 is 0 Å². The third kappa shape index (κ3) is 2.98. The molecule has 0 aliphatic carbocycles. The minimum atomic E-state index is 0.524. The maximum atomic E-state index is 5.64. The van der Waals surface area contributed by atoms with E-state index >= 15 is 0 Å². The summed E-state index contributed by atoms with van der Waals surface area (Å²) in [5.41, 5.74) is 2.32. The molecule has 2 aromatic carbocycles. The first kappa shape index (κ1) is 13.8. The summed E-state index contributed by atoms with van der Waals surface area (Å²) in [5, 5.41) is 1.20. The molecular weight excluding hydrogens is 278 g/mol. The van der Waals surface area contributed by atoms with Gasteiger partial charge in [0.05, 0.1) is 0 Å². The van der Waals surface area contributed by atoms with Gasteiger partial charge in [-0.05, 0) is 37.3 Å². The van der Waals surface area contributed by atoms with Crippen LogP contribution < -0.4 is 4.74 Å².